The number of hydrogen-bond donors (Lipinski definition) is 3. The highest BCUT2D eigenvalue weighted by Crippen LogP contribution is 2.29. The normalized spacial score (nSPS) is 14.0. The standard InChI is InChI=1S/C25H25N3O5S/c29-23-13-12-21(34(32,33)28-14-4-5-15-28)16-22(23)27-24(30)17-26-25(31)20-10-8-19(9-11-20)18-6-2-1-3-7-18/h1-3,6-13,16,29H,4-5,14-15,17H2,(H,26,31)(H,27,30). The molecule has 3 aromatic rings. The molecule has 3 aromatic carbocycles. The van der Waals surface area contributed by atoms with Crippen LogP contribution in [-0.2, 0) is 14.8 Å². The molecule has 2 amide bonds. The lowest BCUT2D eigenvalue weighted by molar-refractivity contribution is -0.115. The van der Waals surface area contributed by atoms with E-state index >= 15 is 0 Å². The van der Waals surface area contributed by atoms with Gasteiger partial charge in [0.2, 0.25) is 15.9 Å². The number of sulfonamides is 1. The number of carbonyl (C=O) groups excluding carboxylic acids is 2. The van der Waals surface area contributed by atoms with Crippen molar-refractivity contribution in [2.24, 2.45) is 0 Å². The van der Waals surface area contributed by atoms with Gasteiger partial charge in [0.15, 0.2) is 0 Å². The van der Waals surface area contributed by atoms with Crippen LogP contribution >= 0.6 is 0 Å². The SMILES string of the molecule is O=C(CNC(=O)c1ccc(-c2ccccc2)cc1)Nc1cc(S(=O)(=O)N2CCCC2)ccc1O. The molecule has 1 aliphatic rings. The van der Waals surface area contributed by atoms with E-state index in [4.69, 9.17) is 0 Å². The van der Waals surface area contributed by atoms with E-state index in [1.54, 1.807) is 12.1 Å². The molecule has 1 fully saturated rings. The smallest absolute Gasteiger partial charge is 0.251 e. The summed E-state index contributed by atoms with van der Waals surface area (Å²) in [6, 6.07) is 20.5. The van der Waals surface area contributed by atoms with Crippen LogP contribution in [0.3, 0.4) is 0 Å². The summed E-state index contributed by atoms with van der Waals surface area (Å²) in [4.78, 5) is 24.8. The number of anilines is 1. The molecule has 3 N–H and O–H groups in total. The minimum Gasteiger partial charge on any atom is -0.506 e. The van der Waals surface area contributed by atoms with Gasteiger partial charge in [0.1, 0.15) is 5.75 Å². The lowest BCUT2D eigenvalue weighted by Crippen LogP contribution is -2.33. The maximum absolute atomic E-state index is 12.7. The Balaban J connectivity index is 1.37. The van der Waals surface area contributed by atoms with Gasteiger partial charge in [-0.25, -0.2) is 8.42 Å². The molecule has 176 valence electrons. The molecule has 0 bridgehead atoms. The molecule has 0 atom stereocenters. The first-order valence-electron chi connectivity index (χ1n) is 10.9. The molecule has 1 heterocycles. The van der Waals surface area contributed by atoms with Gasteiger partial charge in [0.25, 0.3) is 5.91 Å². The van der Waals surface area contributed by atoms with Gasteiger partial charge in [-0.2, -0.15) is 4.31 Å². The van der Waals surface area contributed by atoms with Gasteiger partial charge in [0, 0.05) is 18.7 Å². The predicted octanol–water partition coefficient (Wildman–Crippen LogP) is 3.21. The van der Waals surface area contributed by atoms with Crippen molar-refractivity contribution in [1.82, 2.24) is 9.62 Å². The maximum Gasteiger partial charge on any atom is 0.251 e. The van der Waals surface area contributed by atoms with Crippen LogP contribution in [0.15, 0.2) is 77.7 Å². The Morgan fingerprint density at radius 1 is 0.882 bits per heavy atom. The zero-order valence-electron chi connectivity index (χ0n) is 18.4. The summed E-state index contributed by atoms with van der Waals surface area (Å²) in [7, 11) is -3.70. The van der Waals surface area contributed by atoms with Crippen LogP contribution in [0, 0.1) is 0 Å². The zero-order chi connectivity index (χ0) is 24.1. The number of aromatic hydroxyl groups is 1. The first-order valence-corrected chi connectivity index (χ1v) is 12.4. The van der Waals surface area contributed by atoms with Gasteiger partial charge < -0.3 is 15.7 Å². The summed E-state index contributed by atoms with van der Waals surface area (Å²) in [5.74, 6) is -1.29. The zero-order valence-corrected chi connectivity index (χ0v) is 19.2. The first-order chi connectivity index (χ1) is 16.3. The van der Waals surface area contributed by atoms with Gasteiger partial charge >= 0.3 is 0 Å². The first kappa shape index (κ1) is 23.5. The van der Waals surface area contributed by atoms with E-state index in [-0.39, 0.29) is 22.9 Å². The average Bonchev–Trinajstić information content (AvgIpc) is 3.41. The number of benzene rings is 3. The van der Waals surface area contributed by atoms with Crippen molar-refractivity contribution in [3.8, 4) is 16.9 Å². The fourth-order valence-corrected chi connectivity index (χ4v) is 5.30. The Morgan fingerprint density at radius 3 is 2.21 bits per heavy atom. The van der Waals surface area contributed by atoms with Gasteiger partial charge in [0.05, 0.1) is 17.1 Å². The second kappa shape index (κ2) is 10.1. The Bertz CT molecular complexity index is 1290. The largest absolute Gasteiger partial charge is 0.506 e. The third-order valence-corrected chi connectivity index (χ3v) is 7.50. The molecule has 0 spiro atoms. The summed E-state index contributed by atoms with van der Waals surface area (Å²) < 4.78 is 26.9. The van der Waals surface area contributed by atoms with Crippen molar-refractivity contribution in [2.45, 2.75) is 17.7 Å². The highest BCUT2D eigenvalue weighted by atomic mass is 32.2. The molecule has 34 heavy (non-hydrogen) atoms. The van der Waals surface area contributed by atoms with Crippen LogP contribution in [0.25, 0.3) is 11.1 Å². The average molecular weight is 480 g/mol. The summed E-state index contributed by atoms with van der Waals surface area (Å²) in [5, 5.41) is 15.1. The number of nitrogens with zero attached hydrogens (tertiary/aromatic N) is 1. The van der Waals surface area contributed by atoms with E-state index in [0.29, 0.717) is 18.7 Å². The second-order valence-corrected chi connectivity index (χ2v) is 9.90. The molecule has 1 saturated heterocycles. The number of nitrogens with one attached hydrogen (secondary N) is 2. The van der Waals surface area contributed by atoms with Crippen molar-refractivity contribution in [3.05, 3.63) is 78.4 Å². The third kappa shape index (κ3) is 5.27. The Kier molecular flexibility index (Phi) is 6.95. The summed E-state index contributed by atoms with van der Waals surface area (Å²) in [5.41, 5.74) is 2.36. The molecular formula is C25H25N3O5S. The Morgan fingerprint density at radius 2 is 1.53 bits per heavy atom. The minimum absolute atomic E-state index is 0.00922. The number of amides is 2. The van der Waals surface area contributed by atoms with E-state index in [9.17, 15) is 23.1 Å². The van der Waals surface area contributed by atoms with Crippen LogP contribution in [0.5, 0.6) is 5.75 Å². The summed E-state index contributed by atoms with van der Waals surface area (Å²) in [6.07, 6.45) is 1.60. The molecular weight excluding hydrogens is 454 g/mol. The molecule has 4 rings (SSSR count). The highest BCUT2D eigenvalue weighted by molar-refractivity contribution is 7.89. The molecule has 9 heteroatoms. The van der Waals surface area contributed by atoms with Crippen LogP contribution in [0.2, 0.25) is 0 Å². The van der Waals surface area contributed by atoms with E-state index in [2.05, 4.69) is 10.6 Å². The number of hydrogen-bond acceptors (Lipinski definition) is 5. The van der Waals surface area contributed by atoms with Crippen LogP contribution in [0.4, 0.5) is 5.69 Å². The van der Waals surface area contributed by atoms with E-state index < -0.39 is 21.8 Å². The predicted molar refractivity (Wildman–Crippen MR) is 129 cm³/mol. The number of carbonyl (C=O) groups is 2. The molecule has 8 nitrogen and oxygen atoms in total. The molecule has 0 aromatic heterocycles. The quantitative estimate of drug-likeness (QED) is 0.450. The van der Waals surface area contributed by atoms with Crippen molar-refractivity contribution in [2.75, 3.05) is 25.0 Å². The van der Waals surface area contributed by atoms with E-state index in [1.165, 1.54) is 22.5 Å². The lowest BCUT2D eigenvalue weighted by Gasteiger charge is -2.16. The fraction of sp³-hybridized carbons (Fsp3) is 0.200. The Labute approximate surface area is 198 Å². The van der Waals surface area contributed by atoms with Gasteiger partial charge in [-0.3, -0.25) is 9.59 Å². The van der Waals surface area contributed by atoms with Crippen molar-refractivity contribution in [1.29, 1.82) is 0 Å². The van der Waals surface area contributed by atoms with Crippen molar-refractivity contribution >= 4 is 27.5 Å². The second-order valence-electron chi connectivity index (χ2n) is 7.96. The fourth-order valence-electron chi connectivity index (χ4n) is 3.75. The monoisotopic (exact) mass is 479 g/mol. The van der Waals surface area contributed by atoms with Gasteiger partial charge in [-0.1, -0.05) is 42.5 Å². The van der Waals surface area contributed by atoms with Gasteiger partial charge in [-0.05, 0) is 54.3 Å². The van der Waals surface area contributed by atoms with E-state index in [0.717, 1.165) is 24.0 Å². The topological polar surface area (TPSA) is 116 Å². The molecule has 0 unspecified atom stereocenters. The highest BCUT2D eigenvalue weighted by Gasteiger charge is 2.28. The maximum atomic E-state index is 12.7. The van der Waals surface area contributed by atoms with Crippen LogP contribution < -0.4 is 10.6 Å². The summed E-state index contributed by atoms with van der Waals surface area (Å²) in [6.45, 7) is 0.550. The number of phenolic OH excluding ortho intramolecular Hbond substituents is 1. The van der Waals surface area contributed by atoms with Crippen molar-refractivity contribution < 1.29 is 23.1 Å². The van der Waals surface area contributed by atoms with E-state index in [1.807, 2.05) is 42.5 Å². The lowest BCUT2D eigenvalue weighted by atomic mass is 10.0. The summed E-state index contributed by atoms with van der Waals surface area (Å²) >= 11 is 0. The van der Waals surface area contributed by atoms with Gasteiger partial charge in [-0.15, -0.1) is 0 Å². The third-order valence-electron chi connectivity index (χ3n) is 5.61. The minimum atomic E-state index is -3.70. The van der Waals surface area contributed by atoms with Crippen molar-refractivity contribution in [3.63, 3.8) is 0 Å². The molecule has 1 aliphatic heterocycles. The Hall–Kier alpha value is -3.69. The number of phenols is 1. The molecule has 0 aliphatic carbocycles. The molecule has 0 saturated carbocycles. The number of rotatable bonds is 7. The van der Waals surface area contributed by atoms with Crippen LogP contribution in [-0.4, -0.2) is 49.3 Å². The van der Waals surface area contributed by atoms with Crippen LogP contribution in [0.1, 0.15) is 23.2 Å². The molecule has 0 radical (unpaired) electrons.